The van der Waals surface area contributed by atoms with Crippen molar-refractivity contribution in [2.75, 3.05) is 20.3 Å². The first kappa shape index (κ1) is 16.1. The second-order valence-corrected chi connectivity index (χ2v) is 4.94. The summed E-state index contributed by atoms with van der Waals surface area (Å²) in [6.45, 7) is 4.64. The van der Waals surface area contributed by atoms with Crippen molar-refractivity contribution in [3.63, 3.8) is 0 Å². The van der Waals surface area contributed by atoms with Gasteiger partial charge in [-0.2, -0.15) is 0 Å². The van der Waals surface area contributed by atoms with Gasteiger partial charge in [-0.25, -0.2) is 4.79 Å². The highest BCUT2D eigenvalue weighted by atomic mass is 16.6. The Morgan fingerprint density at radius 2 is 2.10 bits per heavy atom. The number of carbonyl (C=O) groups is 1. The Labute approximate surface area is 120 Å². The monoisotopic (exact) mass is 275 g/mol. The van der Waals surface area contributed by atoms with E-state index in [2.05, 4.69) is 11.8 Å². The highest BCUT2D eigenvalue weighted by Crippen LogP contribution is 2.11. The highest BCUT2D eigenvalue weighted by molar-refractivity contribution is 5.67. The number of aliphatic hydroxyl groups is 1. The third-order valence-corrected chi connectivity index (χ3v) is 2.58. The molecule has 1 aromatic carbocycles. The van der Waals surface area contributed by atoms with Gasteiger partial charge in [0, 0.05) is 19.2 Å². The van der Waals surface area contributed by atoms with Crippen LogP contribution in [-0.4, -0.2) is 36.4 Å². The Kier molecular flexibility index (Phi) is 6.61. The van der Waals surface area contributed by atoms with Crippen LogP contribution >= 0.6 is 0 Å². The summed E-state index contributed by atoms with van der Waals surface area (Å²) in [6, 6.07) is 7.55. The second kappa shape index (κ2) is 8.23. The molecule has 1 aromatic rings. The molecule has 0 heterocycles. The molecule has 4 nitrogen and oxygen atoms in total. The van der Waals surface area contributed by atoms with Crippen LogP contribution in [0.4, 0.5) is 4.79 Å². The van der Waals surface area contributed by atoms with Gasteiger partial charge in [-0.05, 0) is 17.5 Å². The summed E-state index contributed by atoms with van der Waals surface area (Å²) in [5.74, 6) is 5.81. The van der Waals surface area contributed by atoms with Gasteiger partial charge >= 0.3 is 6.09 Å². The van der Waals surface area contributed by atoms with Crippen LogP contribution in [0.2, 0.25) is 0 Å². The third kappa shape index (κ3) is 5.33. The van der Waals surface area contributed by atoms with Crippen molar-refractivity contribution in [3.05, 3.63) is 35.4 Å². The Hall–Kier alpha value is -1.99. The number of hydrogen-bond donors (Lipinski definition) is 1. The van der Waals surface area contributed by atoms with E-state index in [0.29, 0.717) is 19.1 Å². The molecule has 0 fully saturated rings. The average Bonchev–Trinajstić information content (AvgIpc) is 2.43. The zero-order chi connectivity index (χ0) is 15.0. The van der Waals surface area contributed by atoms with Crippen molar-refractivity contribution in [1.82, 2.24) is 4.90 Å². The third-order valence-electron chi connectivity index (χ3n) is 2.58. The molecule has 0 saturated carbocycles. The Balaban J connectivity index is 2.70. The standard InChI is InChI=1S/C16H21NO3/c1-13(2)12-20-16(19)17(3)11-15-8-5-4-7-14(15)9-6-10-18/h4-5,7-8,13,18H,10-12H2,1-3H3. The van der Waals surface area contributed by atoms with Gasteiger partial charge in [-0.3, -0.25) is 0 Å². The minimum absolute atomic E-state index is 0.180. The fourth-order valence-corrected chi connectivity index (χ4v) is 1.58. The van der Waals surface area contributed by atoms with Crippen LogP contribution in [0.25, 0.3) is 0 Å². The molecule has 0 spiro atoms. The molecule has 0 aromatic heterocycles. The number of carbonyl (C=O) groups excluding carboxylic acids is 1. The van der Waals surface area contributed by atoms with E-state index in [4.69, 9.17) is 9.84 Å². The summed E-state index contributed by atoms with van der Waals surface area (Å²) in [6.07, 6.45) is -0.344. The lowest BCUT2D eigenvalue weighted by Crippen LogP contribution is -2.28. The fraction of sp³-hybridized carbons (Fsp3) is 0.438. The van der Waals surface area contributed by atoms with Crippen molar-refractivity contribution in [2.45, 2.75) is 20.4 Å². The number of nitrogens with zero attached hydrogens (tertiary/aromatic N) is 1. The molecule has 0 saturated heterocycles. The van der Waals surface area contributed by atoms with Gasteiger partial charge in [0.2, 0.25) is 0 Å². The lowest BCUT2D eigenvalue weighted by Gasteiger charge is -2.18. The van der Waals surface area contributed by atoms with E-state index in [1.54, 1.807) is 7.05 Å². The normalized spacial score (nSPS) is 9.85. The van der Waals surface area contributed by atoms with Gasteiger partial charge in [-0.1, -0.05) is 43.9 Å². The molecule has 1 N–H and O–H groups in total. The van der Waals surface area contributed by atoms with E-state index in [1.807, 2.05) is 38.1 Å². The predicted octanol–water partition coefficient (Wildman–Crippen LogP) is 2.25. The molecule has 1 rings (SSSR count). The molecular weight excluding hydrogens is 254 g/mol. The Bertz CT molecular complexity index is 500. The smallest absolute Gasteiger partial charge is 0.409 e. The van der Waals surface area contributed by atoms with E-state index >= 15 is 0 Å². The van der Waals surface area contributed by atoms with Gasteiger partial charge in [0.05, 0.1) is 6.61 Å². The summed E-state index contributed by atoms with van der Waals surface area (Å²) in [5, 5.41) is 8.75. The molecule has 0 unspecified atom stereocenters. The minimum atomic E-state index is -0.344. The topological polar surface area (TPSA) is 49.8 Å². The van der Waals surface area contributed by atoms with Crippen LogP contribution in [-0.2, 0) is 11.3 Å². The Morgan fingerprint density at radius 1 is 1.40 bits per heavy atom. The number of amides is 1. The zero-order valence-corrected chi connectivity index (χ0v) is 12.2. The molecule has 0 radical (unpaired) electrons. The maximum Gasteiger partial charge on any atom is 0.409 e. The van der Waals surface area contributed by atoms with Crippen LogP contribution < -0.4 is 0 Å². The van der Waals surface area contributed by atoms with Gasteiger partial charge in [-0.15, -0.1) is 0 Å². The van der Waals surface area contributed by atoms with Gasteiger partial charge in [0.25, 0.3) is 0 Å². The molecular formula is C16H21NO3. The van der Waals surface area contributed by atoms with Crippen molar-refractivity contribution < 1.29 is 14.6 Å². The summed E-state index contributed by atoms with van der Waals surface area (Å²) < 4.78 is 5.17. The predicted molar refractivity (Wildman–Crippen MR) is 78.1 cm³/mol. The number of benzene rings is 1. The average molecular weight is 275 g/mol. The van der Waals surface area contributed by atoms with Crippen LogP contribution in [0.3, 0.4) is 0 Å². The van der Waals surface area contributed by atoms with Crippen molar-refractivity contribution in [1.29, 1.82) is 0 Å². The van der Waals surface area contributed by atoms with Crippen molar-refractivity contribution in [3.8, 4) is 11.8 Å². The molecule has 20 heavy (non-hydrogen) atoms. The number of rotatable bonds is 4. The summed E-state index contributed by atoms with van der Waals surface area (Å²) in [7, 11) is 1.69. The van der Waals surface area contributed by atoms with Crippen LogP contribution in [0.5, 0.6) is 0 Å². The quantitative estimate of drug-likeness (QED) is 0.857. The SMILES string of the molecule is CC(C)COC(=O)N(C)Cc1ccccc1C#CCO. The van der Waals surface area contributed by atoms with Crippen LogP contribution in [0.1, 0.15) is 25.0 Å². The maximum atomic E-state index is 11.8. The highest BCUT2D eigenvalue weighted by Gasteiger charge is 2.12. The molecule has 0 atom stereocenters. The van der Waals surface area contributed by atoms with Crippen molar-refractivity contribution >= 4 is 6.09 Å². The fourth-order valence-electron chi connectivity index (χ4n) is 1.58. The molecule has 0 aliphatic heterocycles. The van der Waals surface area contributed by atoms with E-state index in [0.717, 1.165) is 11.1 Å². The zero-order valence-electron chi connectivity index (χ0n) is 12.2. The van der Waals surface area contributed by atoms with Crippen molar-refractivity contribution in [2.24, 2.45) is 5.92 Å². The molecule has 108 valence electrons. The largest absolute Gasteiger partial charge is 0.449 e. The first-order chi connectivity index (χ1) is 9.54. The summed E-state index contributed by atoms with van der Waals surface area (Å²) in [4.78, 5) is 13.3. The minimum Gasteiger partial charge on any atom is -0.449 e. The molecule has 0 bridgehead atoms. The van der Waals surface area contributed by atoms with E-state index < -0.39 is 0 Å². The first-order valence-electron chi connectivity index (χ1n) is 6.60. The summed E-state index contributed by atoms with van der Waals surface area (Å²) >= 11 is 0. The van der Waals surface area contributed by atoms with Gasteiger partial charge in [0.1, 0.15) is 6.61 Å². The molecule has 0 aliphatic rings. The van der Waals surface area contributed by atoms with E-state index in [-0.39, 0.29) is 12.7 Å². The molecule has 4 heteroatoms. The lowest BCUT2D eigenvalue weighted by atomic mass is 10.1. The van der Waals surface area contributed by atoms with E-state index in [9.17, 15) is 4.79 Å². The lowest BCUT2D eigenvalue weighted by molar-refractivity contribution is 0.0980. The Morgan fingerprint density at radius 3 is 2.75 bits per heavy atom. The van der Waals surface area contributed by atoms with Crippen LogP contribution in [0.15, 0.2) is 24.3 Å². The first-order valence-corrected chi connectivity index (χ1v) is 6.60. The second-order valence-electron chi connectivity index (χ2n) is 4.94. The van der Waals surface area contributed by atoms with Gasteiger partial charge in [0.15, 0.2) is 0 Å². The van der Waals surface area contributed by atoms with E-state index in [1.165, 1.54) is 4.90 Å². The molecule has 1 amide bonds. The van der Waals surface area contributed by atoms with Crippen LogP contribution in [0, 0.1) is 17.8 Å². The number of aliphatic hydroxyl groups excluding tert-OH is 1. The number of hydrogen-bond acceptors (Lipinski definition) is 3. The maximum absolute atomic E-state index is 11.8. The molecule has 0 aliphatic carbocycles. The van der Waals surface area contributed by atoms with Gasteiger partial charge < -0.3 is 14.7 Å². The number of ether oxygens (including phenoxy) is 1. The summed E-state index contributed by atoms with van der Waals surface area (Å²) in [5.41, 5.74) is 1.74.